The van der Waals surface area contributed by atoms with E-state index in [9.17, 15) is 5.11 Å². The molecule has 2 aromatic carbocycles. The van der Waals surface area contributed by atoms with Crippen LogP contribution in [0.2, 0.25) is 0 Å². The van der Waals surface area contributed by atoms with Crippen LogP contribution in [-0.4, -0.2) is 14.6 Å². The van der Waals surface area contributed by atoms with Crippen LogP contribution in [0.3, 0.4) is 0 Å². The predicted molar refractivity (Wildman–Crippen MR) is 113 cm³/mol. The zero-order valence-corrected chi connectivity index (χ0v) is 18.1. The fourth-order valence-electron chi connectivity index (χ4n) is 2.49. The first-order valence-electron chi connectivity index (χ1n) is 8.73. The number of benzene rings is 2. The topological polar surface area (TPSA) is 20.2 Å². The lowest BCUT2D eigenvalue weighted by molar-refractivity contribution is 0.447. The standard InChI is InChI=1S/C22H30OS2/c1-15-8-10-16(11-9-15)14-17-12-13-18(24-21(2,3)4)19(23)20(17)25-22(5,6)7/h8-13,23H,14H2,1-7H3. The Morgan fingerprint density at radius 1 is 0.800 bits per heavy atom. The second kappa shape index (κ2) is 7.67. The van der Waals surface area contributed by atoms with Gasteiger partial charge in [-0.1, -0.05) is 77.4 Å². The van der Waals surface area contributed by atoms with Crippen LogP contribution in [-0.2, 0) is 6.42 Å². The Kier molecular flexibility index (Phi) is 6.22. The Balaban J connectivity index is 2.43. The highest BCUT2D eigenvalue weighted by molar-refractivity contribution is 8.01. The molecule has 0 spiro atoms. The fourth-order valence-corrected chi connectivity index (χ4v) is 4.64. The van der Waals surface area contributed by atoms with Crippen LogP contribution in [0.25, 0.3) is 0 Å². The van der Waals surface area contributed by atoms with E-state index in [0.29, 0.717) is 5.75 Å². The third-order valence-electron chi connectivity index (χ3n) is 3.52. The summed E-state index contributed by atoms with van der Waals surface area (Å²) in [6, 6.07) is 12.9. The lowest BCUT2D eigenvalue weighted by atomic mass is 10.0. The number of hydrogen-bond acceptors (Lipinski definition) is 3. The highest BCUT2D eigenvalue weighted by atomic mass is 32.2. The summed E-state index contributed by atoms with van der Waals surface area (Å²) in [6.07, 6.45) is 0.840. The number of phenols is 1. The van der Waals surface area contributed by atoms with Crippen LogP contribution >= 0.6 is 23.5 Å². The number of aromatic hydroxyl groups is 1. The Morgan fingerprint density at radius 3 is 1.88 bits per heavy atom. The Bertz CT molecular complexity index is 719. The molecule has 0 heterocycles. The number of aryl methyl sites for hydroxylation is 1. The molecule has 0 amide bonds. The van der Waals surface area contributed by atoms with Gasteiger partial charge < -0.3 is 5.11 Å². The van der Waals surface area contributed by atoms with Crippen molar-refractivity contribution < 1.29 is 5.11 Å². The molecule has 0 saturated carbocycles. The summed E-state index contributed by atoms with van der Waals surface area (Å²) < 4.78 is 0.115. The summed E-state index contributed by atoms with van der Waals surface area (Å²) in [7, 11) is 0. The average molecular weight is 375 g/mol. The van der Waals surface area contributed by atoms with Gasteiger partial charge in [0.05, 0.1) is 9.79 Å². The van der Waals surface area contributed by atoms with Gasteiger partial charge in [-0.3, -0.25) is 0 Å². The molecule has 2 aromatic rings. The highest BCUT2D eigenvalue weighted by Crippen LogP contribution is 2.47. The molecular formula is C22H30OS2. The minimum atomic E-state index is 0.0462. The molecule has 0 bridgehead atoms. The molecule has 25 heavy (non-hydrogen) atoms. The maximum absolute atomic E-state index is 11.0. The van der Waals surface area contributed by atoms with Gasteiger partial charge in [0.25, 0.3) is 0 Å². The third-order valence-corrected chi connectivity index (χ3v) is 5.95. The van der Waals surface area contributed by atoms with Crippen molar-refractivity contribution >= 4 is 23.5 Å². The molecule has 0 saturated heterocycles. The molecular weight excluding hydrogens is 344 g/mol. The monoisotopic (exact) mass is 374 g/mol. The first-order chi connectivity index (χ1) is 11.4. The molecule has 3 heteroatoms. The first-order valence-corrected chi connectivity index (χ1v) is 10.4. The zero-order chi connectivity index (χ0) is 18.8. The van der Waals surface area contributed by atoms with Crippen molar-refractivity contribution in [2.75, 3.05) is 0 Å². The van der Waals surface area contributed by atoms with Gasteiger partial charge in [-0.2, -0.15) is 0 Å². The molecule has 0 aliphatic rings. The minimum Gasteiger partial charge on any atom is -0.506 e. The Labute approximate surface area is 161 Å². The van der Waals surface area contributed by atoms with Crippen LogP contribution in [0, 0.1) is 6.92 Å². The molecule has 0 aliphatic carbocycles. The van der Waals surface area contributed by atoms with Crippen molar-refractivity contribution in [3.05, 3.63) is 53.1 Å². The average Bonchev–Trinajstić information content (AvgIpc) is 2.46. The molecule has 0 aliphatic heterocycles. The number of thioether (sulfide) groups is 2. The van der Waals surface area contributed by atoms with Gasteiger partial charge in [-0.05, 0) is 30.5 Å². The van der Waals surface area contributed by atoms with E-state index in [1.807, 2.05) is 0 Å². The fraction of sp³-hybridized carbons (Fsp3) is 0.455. The van der Waals surface area contributed by atoms with E-state index in [-0.39, 0.29) is 9.49 Å². The first kappa shape index (κ1) is 20.3. The van der Waals surface area contributed by atoms with Crippen molar-refractivity contribution in [3.63, 3.8) is 0 Å². The van der Waals surface area contributed by atoms with E-state index >= 15 is 0 Å². The molecule has 1 nitrogen and oxygen atoms in total. The second-order valence-electron chi connectivity index (χ2n) is 8.49. The van der Waals surface area contributed by atoms with Crippen molar-refractivity contribution in [1.82, 2.24) is 0 Å². The maximum Gasteiger partial charge on any atom is 0.143 e. The van der Waals surface area contributed by atoms with Gasteiger partial charge in [0, 0.05) is 9.49 Å². The molecule has 0 radical (unpaired) electrons. The summed E-state index contributed by atoms with van der Waals surface area (Å²) in [5, 5.41) is 11.0. The van der Waals surface area contributed by atoms with Gasteiger partial charge in [-0.15, -0.1) is 23.5 Å². The van der Waals surface area contributed by atoms with Gasteiger partial charge >= 0.3 is 0 Å². The van der Waals surface area contributed by atoms with Gasteiger partial charge in [0.15, 0.2) is 0 Å². The van der Waals surface area contributed by atoms with Crippen molar-refractivity contribution in [3.8, 4) is 5.75 Å². The summed E-state index contributed by atoms with van der Waals surface area (Å²) in [4.78, 5) is 1.98. The summed E-state index contributed by atoms with van der Waals surface area (Å²) >= 11 is 3.47. The summed E-state index contributed by atoms with van der Waals surface area (Å²) in [5.74, 6) is 0.435. The lowest BCUT2D eigenvalue weighted by Gasteiger charge is -2.24. The number of rotatable bonds is 4. The van der Waals surface area contributed by atoms with Gasteiger partial charge in [0.2, 0.25) is 0 Å². The normalized spacial score (nSPS) is 12.4. The van der Waals surface area contributed by atoms with Crippen LogP contribution in [0.1, 0.15) is 58.2 Å². The number of hydrogen-bond donors (Lipinski definition) is 1. The molecule has 1 N–H and O–H groups in total. The maximum atomic E-state index is 11.0. The van der Waals surface area contributed by atoms with E-state index in [1.165, 1.54) is 16.7 Å². The van der Waals surface area contributed by atoms with Crippen molar-refractivity contribution in [2.24, 2.45) is 0 Å². The van der Waals surface area contributed by atoms with Gasteiger partial charge in [-0.25, -0.2) is 0 Å². The Morgan fingerprint density at radius 2 is 1.36 bits per heavy atom. The van der Waals surface area contributed by atoms with E-state index in [1.54, 1.807) is 23.5 Å². The zero-order valence-electron chi connectivity index (χ0n) is 16.4. The second-order valence-corrected chi connectivity index (χ2v) is 12.2. The van der Waals surface area contributed by atoms with Crippen LogP contribution < -0.4 is 0 Å². The summed E-state index contributed by atoms with van der Waals surface area (Å²) in [5.41, 5.74) is 3.74. The SMILES string of the molecule is Cc1ccc(Cc2ccc(SC(C)(C)C)c(O)c2SC(C)(C)C)cc1. The van der Waals surface area contributed by atoms with Crippen LogP contribution in [0.15, 0.2) is 46.2 Å². The van der Waals surface area contributed by atoms with Crippen molar-refractivity contribution in [2.45, 2.75) is 74.2 Å². The van der Waals surface area contributed by atoms with Crippen LogP contribution in [0.4, 0.5) is 0 Å². The Hall–Kier alpha value is -1.06. The van der Waals surface area contributed by atoms with Crippen molar-refractivity contribution in [1.29, 1.82) is 0 Å². The molecule has 0 fully saturated rings. The minimum absolute atomic E-state index is 0.0462. The quantitative estimate of drug-likeness (QED) is 0.578. The molecule has 0 aromatic heterocycles. The molecule has 136 valence electrons. The van der Waals surface area contributed by atoms with E-state index in [2.05, 4.69) is 84.9 Å². The predicted octanol–water partition coefficient (Wildman–Crippen LogP) is 7.07. The molecule has 0 unspecified atom stereocenters. The van der Waals surface area contributed by atoms with E-state index in [4.69, 9.17) is 0 Å². The van der Waals surface area contributed by atoms with Gasteiger partial charge in [0.1, 0.15) is 5.75 Å². The molecule has 0 atom stereocenters. The largest absolute Gasteiger partial charge is 0.506 e. The highest BCUT2D eigenvalue weighted by Gasteiger charge is 2.23. The lowest BCUT2D eigenvalue weighted by Crippen LogP contribution is -2.09. The smallest absolute Gasteiger partial charge is 0.143 e. The number of phenolic OH excluding ortho intramolecular Hbond substituents is 1. The molecule has 2 rings (SSSR count). The third kappa shape index (κ3) is 6.31. The van der Waals surface area contributed by atoms with E-state index in [0.717, 1.165) is 16.2 Å². The van der Waals surface area contributed by atoms with E-state index < -0.39 is 0 Å². The summed E-state index contributed by atoms with van der Waals surface area (Å²) in [6.45, 7) is 15.2. The van der Waals surface area contributed by atoms with Crippen LogP contribution in [0.5, 0.6) is 5.75 Å².